The summed E-state index contributed by atoms with van der Waals surface area (Å²) in [6, 6.07) is 5.39. The molecule has 1 aliphatic rings. The van der Waals surface area contributed by atoms with Crippen LogP contribution in [0.1, 0.15) is 19.3 Å². The number of aliphatic hydroxyl groups excluding tert-OH is 1. The molecule has 0 spiro atoms. The first-order valence-corrected chi connectivity index (χ1v) is 6.13. The van der Waals surface area contributed by atoms with Crippen LogP contribution in [0.4, 0.5) is 0 Å². The van der Waals surface area contributed by atoms with Crippen LogP contribution in [-0.2, 0) is 0 Å². The lowest BCUT2D eigenvalue weighted by Gasteiger charge is -2.18. The zero-order chi connectivity index (χ0) is 10.8. The standard InChI is InChI=1S/C11H12BrClO2/c12-8-6-7(13)4-5-10(8)15-11-3-1-2-9(11)14/h4-6,9,11,14H,1-3H2/t9-,11-/m0/s1. The second kappa shape index (κ2) is 4.73. The summed E-state index contributed by atoms with van der Waals surface area (Å²) in [5.41, 5.74) is 0. The molecule has 0 radical (unpaired) electrons. The second-order valence-electron chi connectivity index (χ2n) is 3.73. The van der Waals surface area contributed by atoms with Crippen LogP contribution in [0.3, 0.4) is 0 Å². The molecule has 0 saturated heterocycles. The molecule has 82 valence electrons. The highest BCUT2D eigenvalue weighted by Crippen LogP contribution is 2.31. The lowest BCUT2D eigenvalue weighted by atomic mass is 10.2. The summed E-state index contributed by atoms with van der Waals surface area (Å²) in [6.45, 7) is 0. The minimum absolute atomic E-state index is 0.0810. The molecular weight excluding hydrogens is 279 g/mol. The van der Waals surface area contributed by atoms with Crippen LogP contribution in [-0.4, -0.2) is 17.3 Å². The third kappa shape index (κ3) is 2.65. The van der Waals surface area contributed by atoms with E-state index in [0.29, 0.717) is 5.02 Å². The van der Waals surface area contributed by atoms with Crippen molar-refractivity contribution >= 4 is 27.5 Å². The first-order valence-electron chi connectivity index (χ1n) is 4.96. The van der Waals surface area contributed by atoms with Crippen molar-refractivity contribution < 1.29 is 9.84 Å². The summed E-state index contributed by atoms with van der Waals surface area (Å²) in [7, 11) is 0. The van der Waals surface area contributed by atoms with Crippen molar-refractivity contribution in [2.75, 3.05) is 0 Å². The second-order valence-corrected chi connectivity index (χ2v) is 5.02. The Morgan fingerprint density at radius 1 is 1.40 bits per heavy atom. The van der Waals surface area contributed by atoms with Gasteiger partial charge in [-0.15, -0.1) is 0 Å². The van der Waals surface area contributed by atoms with Gasteiger partial charge in [0.15, 0.2) is 0 Å². The quantitative estimate of drug-likeness (QED) is 0.905. The van der Waals surface area contributed by atoms with E-state index in [9.17, 15) is 5.11 Å². The van der Waals surface area contributed by atoms with E-state index < -0.39 is 0 Å². The van der Waals surface area contributed by atoms with Gasteiger partial charge in [-0.2, -0.15) is 0 Å². The van der Waals surface area contributed by atoms with Gasteiger partial charge in [0.25, 0.3) is 0 Å². The molecule has 1 aromatic rings. The van der Waals surface area contributed by atoms with Crippen LogP contribution in [0, 0.1) is 0 Å². The van der Waals surface area contributed by atoms with Gasteiger partial charge in [-0.05, 0) is 53.4 Å². The topological polar surface area (TPSA) is 29.5 Å². The first-order chi connectivity index (χ1) is 7.16. The van der Waals surface area contributed by atoms with Gasteiger partial charge < -0.3 is 9.84 Å². The average Bonchev–Trinajstić information content (AvgIpc) is 2.57. The van der Waals surface area contributed by atoms with Gasteiger partial charge in [0.05, 0.1) is 10.6 Å². The summed E-state index contributed by atoms with van der Waals surface area (Å²) in [5.74, 6) is 0.741. The number of hydrogen-bond acceptors (Lipinski definition) is 2. The van der Waals surface area contributed by atoms with Crippen LogP contribution >= 0.6 is 27.5 Å². The van der Waals surface area contributed by atoms with E-state index in [4.69, 9.17) is 16.3 Å². The molecule has 2 rings (SSSR count). The van der Waals surface area contributed by atoms with Crippen LogP contribution < -0.4 is 4.74 Å². The maximum Gasteiger partial charge on any atom is 0.134 e. The lowest BCUT2D eigenvalue weighted by molar-refractivity contribution is 0.0599. The smallest absolute Gasteiger partial charge is 0.134 e. The van der Waals surface area contributed by atoms with Crippen molar-refractivity contribution in [3.63, 3.8) is 0 Å². The van der Waals surface area contributed by atoms with E-state index in [1.165, 1.54) is 0 Å². The number of benzene rings is 1. The molecule has 1 N–H and O–H groups in total. The predicted octanol–water partition coefficient (Wildman–Crippen LogP) is 3.39. The van der Waals surface area contributed by atoms with Gasteiger partial charge in [-0.1, -0.05) is 11.6 Å². The zero-order valence-electron chi connectivity index (χ0n) is 8.12. The minimum atomic E-state index is -0.340. The van der Waals surface area contributed by atoms with E-state index in [1.54, 1.807) is 12.1 Å². The van der Waals surface area contributed by atoms with E-state index in [2.05, 4.69) is 15.9 Å². The van der Waals surface area contributed by atoms with Gasteiger partial charge in [0.2, 0.25) is 0 Å². The summed E-state index contributed by atoms with van der Waals surface area (Å²) in [6.07, 6.45) is 2.35. The van der Waals surface area contributed by atoms with Crippen molar-refractivity contribution in [3.05, 3.63) is 27.7 Å². The Hall–Kier alpha value is -0.250. The van der Waals surface area contributed by atoms with Crippen LogP contribution in [0.15, 0.2) is 22.7 Å². The number of rotatable bonds is 2. The van der Waals surface area contributed by atoms with E-state index in [0.717, 1.165) is 29.5 Å². The summed E-state index contributed by atoms with van der Waals surface area (Å²) in [4.78, 5) is 0. The summed E-state index contributed by atoms with van der Waals surface area (Å²) in [5, 5.41) is 10.3. The molecule has 0 heterocycles. The molecule has 1 aliphatic carbocycles. The fraction of sp³-hybridized carbons (Fsp3) is 0.455. The third-order valence-corrected chi connectivity index (χ3v) is 3.44. The van der Waals surface area contributed by atoms with Gasteiger partial charge in [0, 0.05) is 5.02 Å². The molecule has 1 aromatic carbocycles. The van der Waals surface area contributed by atoms with Crippen molar-refractivity contribution in [3.8, 4) is 5.75 Å². The van der Waals surface area contributed by atoms with E-state index >= 15 is 0 Å². The SMILES string of the molecule is O[C@H]1CCC[C@@H]1Oc1ccc(Cl)cc1Br. The highest BCUT2D eigenvalue weighted by Gasteiger charge is 2.27. The highest BCUT2D eigenvalue weighted by molar-refractivity contribution is 9.10. The minimum Gasteiger partial charge on any atom is -0.487 e. The molecule has 2 nitrogen and oxygen atoms in total. The molecule has 0 aliphatic heterocycles. The number of ether oxygens (including phenoxy) is 1. The van der Waals surface area contributed by atoms with Gasteiger partial charge in [0.1, 0.15) is 11.9 Å². The molecular formula is C11H12BrClO2. The summed E-state index contributed by atoms with van der Waals surface area (Å²) >= 11 is 9.21. The number of halogens is 2. The monoisotopic (exact) mass is 290 g/mol. The fourth-order valence-electron chi connectivity index (χ4n) is 1.78. The predicted molar refractivity (Wildman–Crippen MR) is 63.4 cm³/mol. The van der Waals surface area contributed by atoms with E-state index in [-0.39, 0.29) is 12.2 Å². The Labute approximate surface area is 102 Å². The molecule has 1 fully saturated rings. The van der Waals surface area contributed by atoms with Crippen LogP contribution in [0.5, 0.6) is 5.75 Å². The Kier molecular flexibility index (Phi) is 3.54. The molecule has 15 heavy (non-hydrogen) atoms. The Balaban J connectivity index is 2.10. The maximum atomic E-state index is 9.63. The first kappa shape index (κ1) is 11.2. The van der Waals surface area contributed by atoms with E-state index in [1.807, 2.05) is 6.07 Å². The Morgan fingerprint density at radius 3 is 2.80 bits per heavy atom. The number of hydrogen-bond donors (Lipinski definition) is 1. The highest BCUT2D eigenvalue weighted by atomic mass is 79.9. The molecule has 2 atom stereocenters. The molecule has 4 heteroatoms. The largest absolute Gasteiger partial charge is 0.487 e. The van der Waals surface area contributed by atoms with Gasteiger partial charge in [-0.25, -0.2) is 0 Å². The number of aliphatic hydroxyl groups is 1. The normalized spacial score (nSPS) is 25.5. The Morgan fingerprint density at radius 2 is 2.20 bits per heavy atom. The van der Waals surface area contributed by atoms with Crippen LogP contribution in [0.2, 0.25) is 5.02 Å². The van der Waals surface area contributed by atoms with Crippen LogP contribution in [0.25, 0.3) is 0 Å². The Bertz CT molecular complexity index is 356. The van der Waals surface area contributed by atoms with Crippen molar-refractivity contribution in [1.29, 1.82) is 0 Å². The van der Waals surface area contributed by atoms with Crippen molar-refractivity contribution in [2.24, 2.45) is 0 Å². The lowest BCUT2D eigenvalue weighted by Crippen LogP contribution is -2.25. The molecule has 1 saturated carbocycles. The molecule has 0 bridgehead atoms. The third-order valence-electron chi connectivity index (χ3n) is 2.59. The summed E-state index contributed by atoms with van der Waals surface area (Å²) < 4.78 is 6.55. The molecule has 0 aromatic heterocycles. The molecule has 0 unspecified atom stereocenters. The maximum absolute atomic E-state index is 9.63. The van der Waals surface area contributed by atoms with Crippen molar-refractivity contribution in [2.45, 2.75) is 31.5 Å². The van der Waals surface area contributed by atoms with Gasteiger partial charge in [-0.3, -0.25) is 0 Å². The fourth-order valence-corrected chi connectivity index (χ4v) is 2.55. The zero-order valence-corrected chi connectivity index (χ0v) is 10.5. The molecule has 0 amide bonds. The van der Waals surface area contributed by atoms with Crippen molar-refractivity contribution in [1.82, 2.24) is 0 Å². The average molecular weight is 292 g/mol. The van der Waals surface area contributed by atoms with Gasteiger partial charge >= 0.3 is 0 Å².